The van der Waals surface area contributed by atoms with Crippen molar-refractivity contribution in [1.82, 2.24) is 0 Å². The van der Waals surface area contributed by atoms with Crippen LogP contribution in [0.4, 0.5) is 0 Å². The van der Waals surface area contributed by atoms with Gasteiger partial charge in [0.05, 0.1) is 14.2 Å². The molecule has 0 saturated carbocycles. The molecule has 0 aromatic rings. The van der Waals surface area contributed by atoms with E-state index in [4.69, 9.17) is 9.47 Å². The third kappa shape index (κ3) is 5.19. The van der Waals surface area contributed by atoms with Crippen molar-refractivity contribution in [3.8, 4) is 0 Å². The van der Waals surface area contributed by atoms with Crippen molar-refractivity contribution in [3.05, 3.63) is 24.8 Å². The van der Waals surface area contributed by atoms with Crippen molar-refractivity contribution in [2.45, 2.75) is 45.4 Å². The normalized spacial score (nSPS) is 11.3. The summed E-state index contributed by atoms with van der Waals surface area (Å²) in [6.07, 6.45) is 9.90. The molecule has 114 valence electrons. The zero-order valence-electron chi connectivity index (χ0n) is 12.8. The van der Waals surface area contributed by atoms with Gasteiger partial charge in [0, 0.05) is 0 Å². The predicted molar refractivity (Wildman–Crippen MR) is 79.2 cm³/mol. The van der Waals surface area contributed by atoms with Gasteiger partial charge in [0.2, 0.25) is 0 Å². The average Bonchev–Trinajstić information content (AvgIpc) is 2.48. The van der Waals surface area contributed by atoms with E-state index >= 15 is 0 Å². The van der Waals surface area contributed by atoms with Crippen LogP contribution in [0.25, 0.3) is 0 Å². The van der Waals surface area contributed by atoms with Gasteiger partial charge < -0.3 is 9.47 Å². The SMILES string of the molecule is C=CCCCCCC(C/C=C/C)(C(=O)OC)C(=O)OC. The number of carbonyl (C=O) groups excluding carboxylic acids is 2. The molecule has 4 nitrogen and oxygen atoms in total. The van der Waals surface area contributed by atoms with Gasteiger partial charge in [-0.1, -0.05) is 31.1 Å². The van der Waals surface area contributed by atoms with Crippen LogP contribution in [-0.4, -0.2) is 26.2 Å². The van der Waals surface area contributed by atoms with E-state index in [2.05, 4.69) is 6.58 Å². The standard InChI is InChI=1S/C16H26O4/c1-5-7-9-10-11-13-16(12-8-6-2,14(17)19-3)15(18)20-4/h5-6,8H,1,7,9-13H2,2-4H3/b8-6+. The smallest absolute Gasteiger partial charge is 0.323 e. The second kappa shape index (κ2) is 10.2. The Morgan fingerprint density at radius 1 is 1.10 bits per heavy atom. The quantitative estimate of drug-likeness (QED) is 0.267. The molecule has 0 aliphatic heterocycles. The fourth-order valence-corrected chi connectivity index (χ4v) is 2.16. The first kappa shape index (κ1) is 18.4. The first-order valence-corrected chi connectivity index (χ1v) is 6.98. The minimum atomic E-state index is -1.22. The molecule has 0 rings (SSSR count). The van der Waals surface area contributed by atoms with E-state index in [0.29, 0.717) is 12.8 Å². The van der Waals surface area contributed by atoms with Gasteiger partial charge in [-0.25, -0.2) is 0 Å². The molecule has 0 aliphatic rings. The summed E-state index contributed by atoms with van der Waals surface area (Å²) >= 11 is 0. The zero-order chi connectivity index (χ0) is 15.4. The van der Waals surface area contributed by atoms with Crippen molar-refractivity contribution >= 4 is 11.9 Å². The Morgan fingerprint density at radius 2 is 1.70 bits per heavy atom. The first-order chi connectivity index (χ1) is 9.58. The Labute approximate surface area is 121 Å². The number of methoxy groups -OCH3 is 2. The van der Waals surface area contributed by atoms with Gasteiger partial charge >= 0.3 is 11.9 Å². The zero-order valence-corrected chi connectivity index (χ0v) is 12.8. The van der Waals surface area contributed by atoms with Gasteiger partial charge in [0.25, 0.3) is 0 Å². The molecule has 0 heterocycles. The first-order valence-electron chi connectivity index (χ1n) is 6.98. The Bertz CT molecular complexity index is 328. The van der Waals surface area contributed by atoms with Crippen molar-refractivity contribution in [2.75, 3.05) is 14.2 Å². The van der Waals surface area contributed by atoms with Crippen LogP contribution in [0.1, 0.15) is 45.4 Å². The van der Waals surface area contributed by atoms with Gasteiger partial charge in [-0.3, -0.25) is 9.59 Å². The Kier molecular flexibility index (Phi) is 9.43. The number of allylic oxidation sites excluding steroid dienone is 3. The van der Waals surface area contributed by atoms with Gasteiger partial charge in [0.15, 0.2) is 5.41 Å². The van der Waals surface area contributed by atoms with E-state index < -0.39 is 17.4 Å². The average molecular weight is 282 g/mol. The fourth-order valence-electron chi connectivity index (χ4n) is 2.16. The minimum absolute atomic E-state index is 0.310. The van der Waals surface area contributed by atoms with Crippen molar-refractivity contribution in [2.24, 2.45) is 5.41 Å². The lowest BCUT2D eigenvalue weighted by Gasteiger charge is -2.27. The third-order valence-electron chi connectivity index (χ3n) is 3.37. The van der Waals surface area contributed by atoms with Crippen LogP contribution >= 0.6 is 0 Å². The van der Waals surface area contributed by atoms with E-state index in [1.54, 1.807) is 6.08 Å². The summed E-state index contributed by atoms with van der Waals surface area (Å²) in [4.78, 5) is 24.2. The summed E-state index contributed by atoms with van der Waals surface area (Å²) in [5, 5.41) is 0. The molecule has 0 radical (unpaired) electrons. The van der Waals surface area contributed by atoms with Gasteiger partial charge in [-0.15, -0.1) is 6.58 Å². The monoisotopic (exact) mass is 282 g/mol. The van der Waals surface area contributed by atoms with Gasteiger partial charge in [-0.05, 0) is 32.6 Å². The molecule has 0 aliphatic carbocycles. The maximum absolute atomic E-state index is 12.1. The lowest BCUT2D eigenvalue weighted by molar-refractivity contribution is -0.169. The Hall–Kier alpha value is -1.58. The Morgan fingerprint density at radius 3 is 2.15 bits per heavy atom. The topological polar surface area (TPSA) is 52.6 Å². The number of hydrogen-bond acceptors (Lipinski definition) is 4. The van der Waals surface area contributed by atoms with E-state index in [1.807, 2.05) is 19.1 Å². The van der Waals surface area contributed by atoms with Crippen LogP contribution in [0, 0.1) is 5.41 Å². The molecular weight excluding hydrogens is 256 g/mol. The number of esters is 2. The van der Waals surface area contributed by atoms with Crippen LogP contribution in [0.15, 0.2) is 24.8 Å². The van der Waals surface area contributed by atoms with E-state index in [9.17, 15) is 9.59 Å². The maximum Gasteiger partial charge on any atom is 0.323 e. The van der Waals surface area contributed by atoms with Crippen molar-refractivity contribution in [1.29, 1.82) is 0 Å². The predicted octanol–water partition coefficient (Wildman–Crippen LogP) is 3.42. The molecule has 0 amide bonds. The Balaban J connectivity index is 4.92. The molecule has 20 heavy (non-hydrogen) atoms. The lowest BCUT2D eigenvalue weighted by atomic mass is 9.79. The summed E-state index contributed by atoms with van der Waals surface area (Å²) in [6, 6.07) is 0. The molecule has 0 N–H and O–H groups in total. The number of ether oxygens (including phenoxy) is 2. The number of hydrogen-bond donors (Lipinski definition) is 0. The summed E-state index contributed by atoms with van der Waals surface area (Å²) in [5.41, 5.74) is -1.22. The largest absolute Gasteiger partial charge is 0.468 e. The maximum atomic E-state index is 12.1. The highest BCUT2D eigenvalue weighted by atomic mass is 16.5. The molecule has 0 aromatic heterocycles. The summed E-state index contributed by atoms with van der Waals surface area (Å²) in [5.74, 6) is -1.04. The lowest BCUT2D eigenvalue weighted by Crippen LogP contribution is -2.41. The minimum Gasteiger partial charge on any atom is -0.468 e. The number of unbranched alkanes of at least 4 members (excludes halogenated alkanes) is 3. The van der Waals surface area contributed by atoms with Crippen LogP contribution in [-0.2, 0) is 19.1 Å². The van der Waals surface area contributed by atoms with E-state index in [-0.39, 0.29) is 0 Å². The van der Waals surface area contributed by atoms with Crippen LogP contribution in [0.5, 0.6) is 0 Å². The molecule has 0 bridgehead atoms. The van der Waals surface area contributed by atoms with E-state index in [0.717, 1.165) is 25.7 Å². The molecule has 0 atom stereocenters. The fraction of sp³-hybridized carbons (Fsp3) is 0.625. The molecule has 0 aromatic carbocycles. The summed E-state index contributed by atoms with van der Waals surface area (Å²) < 4.78 is 9.65. The van der Waals surface area contributed by atoms with Gasteiger partial charge in [0.1, 0.15) is 0 Å². The molecule has 4 heteroatoms. The number of rotatable bonds is 10. The molecule has 0 unspecified atom stereocenters. The van der Waals surface area contributed by atoms with Crippen molar-refractivity contribution in [3.63, 3.8) is 0 Å². The van der Waals surface area contributed by atoms with Crippen LogP contribution in [0.3, 0.4) is 0 Å². The van der Waals surface area contributed by atoms with Crippen LogP contribution in [0.2, 0.25) is 0 Å². The van der Waals surface area contributed by atoms with Crippen molar-refractivity contribution < 1.29 is 19.1 Å². The molecule has 0 fully saturated rings. The molecular formula is C16H26O4. The second-order valence-electron chi connectivity index (χ2n) is 4.73. The highest BCUT2D eigenvalue weighted by Gasteiger charge is 2.46. The second-order valence-corrected chi connectivity index (χ2v) is 4.73. The van der Waals surface area contributed by atoms with Gasteiger partial charge in [-0.2, -0.15) is 0 Å². The third-order valence-corrected chi connectivity index (χ3v) is 3.37. The summed E-state index contributed by atoms with van der Waals surface area (Å²) in [6.45, 7) is 5.52. The molecule has 0 saturated heterocycles. The van der Waals surface area contributed by atoms with E-state index in [1.165, 1.54) is 14.2 Å². The highest BCUT2D eigenvalue weighted by molar-refractivity contribution is 6.00. The highest BCUT2D eigenvalue weighted by Crippen LogP contribution is 2.33. The van der Waals surface area contributed by atoms with Crippen LogP contribution < -0.4 is 0 Å². The summed E-state index contributed by atoms with van der Waals surface area (Å²) in [7, 11) is 2.60. The molecule has 0 spiro atoms. The number of carbonyl (C=O) groups is 2.